The normalized spacial score (nSPS) is 10.5. The summed E-state index contributed by atoms with van der Waals surface area (Å²) in [5.41, 5.74) is 0.131. The highest BCUT2D eigenvalue weighted by atomic mass is 32.2. The maximum absolute atomic E-state index is 13.4. The minimum absolute atomic E-state index is 0.0578. The Bertz CT molecular complexity index is 1070. The van der Waals surface area contributed by atoms with Crippen LogP contribution in [0, 0.1) is 11.6 Å². The van der Waals surface area contributed by atoms with Crippen LogP contribution in [0.3, 0.4) is 0 Å². The first-order valence-corrected chi connectivity index (χ1v) is 9.07. The molecule has 144 valence electrons. The van der Waals surface area contributed by atoms with Crippen molar-refractivity contribution < 1.29 is 18.3 Å². The van der Waals surface area contributed by atoms with Crippen LogP contribution in [0.25, 0.3) is 5.69 Å². The number of thioether (sulfide) groups is 1. The van der Waals surface area contributed by atoms with Crippen LogP contribution in [0.4, 0.5) is 14.5 Å². The van der Waals surface area contributed by atoms with E-state index in [0.717, 1.165) is 28.5 Å². The van der Waals surface area contributed by atoms with Gasteiger partial charge >= 0.3 is 0 Å². The van der Waals surface area contributed by atoms with E-state index in [1.54, 1.807) is 24.3 Å². The average Bonchev–Trinajstić information content (AvgIpc) is 2.70. The first-order valence-electron chi connectivity index (χ1n) is 8.08. The highest BCUT2D eigenvalue weighted by molar-refractivity contribution is 7.99. The maximum atomic E-state index is 13.4. The van der Waals surface area contributed by atoms with Crippen LogP contribution >= 0.6 is 11.8 Å². The van der Waals surface area contributed by atoms with Crippen molar-refractivity contribution in [2.75, 3.05) is 18.2 Å². The fourth-order valence-electron chi connectivity index (χ4n) is 2.40. The van der Waals surface area contributed by atoms with Gasteiger partial charge in [-0.25, -0.2) is 13.8 Å². The highest BCUT2D eigenvalue weighted by Gasteiger charge is 2.13. The summed E-state index contributed by atoms with van der Waals surface area (Å²) in [4.78, 5) is 28.7. The number of ether oxygens (including phenoxy) is 1. The Balaban J connectivity index is 1.74. The lowest BCUT2D eigenvalue weighted by molar-refractivity contribution is -0.113. The van der Waals surface area contributed by atoms with Gasteiger partial charge in [0.25, 0.3) is 5.56 Å². The number of hydrogen-bond donors (Lipinski definition) is 1. The molecular weight excluding hydrogens is 388 g/mol. The Morgan fingerprint density at radius 1 is 1.21 bits per heavy atom. The van der Waals surface area contributed by atoms with Gasteiger partial charge in [0.1, 0.15) is 5.75 Å². The summed E-state index contributed by atoms with van der Waals surface area (Å²) in [7, 11) is 1.49. The molecule has 0 spiro atoms. The lowest BCUT2D eigenvalue weighted by Gasteiger charge is -2.10. The van der Waals surface area contributed by atoms with E-state index in [2.05, 4.69) is 10.3 Å². The van der Waals surface area contributed by atoms with Crippen molar-refractivity contribution in [3.05, 3.63) is 76.8 Å². The Morgan fingerprint density at radius 2 is 2.00 bits per heavy atom. The molecule has 3 aromatic rings. The number of hydrogen-bond acceptors (Lipinski definition) is 5. The van der Waals surface area contributed by atoms with E-state index in [0.29, 0.717) is 11.4 Å². The smallest absolute Gasteiger partial charge is 0.287 e. The van der Waals surface area contributed by atoms with E-state index >= 15 is 0 Å². The van der Waals surface area contributed by atoms with Gasteiger partial charge in [-0.1, -0.05) is 23.9 Å². The average molecular weight is 403 g/mol. The zero-order chi connectivity index (χ0) is 20.1. The SMILES string of the molecule is COc1ccccc1NC(=O)CSc1nccn(-c2ccc(F)c(F)c2)c1=O. The first-order chi connectivity index (χ1) is 13.5. The van der Waals surface area contributed by atoms with Crippen LogP contribution in [-0.2, 0) is 4.79 Å². The van der Waals surface area contributed by atoms with Gasteiger partial charge in [-0.15, -0.1) is 0 Å². The summed E-state index contributed by atoms with van der Waals surface area (Å²) in [6, 6.07) is 10.1. The molecule has 6 nitrogen and oxygen atoms in total. The van der Waals surface area contributed by atoms with E-state index in [-0.39, 0.29) is 22.4 Å². The summed E-state index contributed by atoms with van der Waals surface area (Å²) in [6.45, 7) is 0. The Morgan fingerprint density at radius 3 is 2.75 bits per heavy atom. The van der Waals surface area contributed by atoms with Crippen LogP contribution < -0.4 is 15.6 Å². The van der Waals surface area contributed by atoms with E-state index in [1.165, 1.54) is 25.6 Å². The number of amides is 1. The molecule has 0 radical (unpaired) electrons. The van der Waals surface area contributed by atoms with Crippen molar-refractivity contribution in [3.63, 3.8) is 0 Å². The van der Waals surface area contributed by atoms with Crippen molar-refractivity contribution in [3.8, 4) is 11.4 Å². The number of benzene rings is 2. The van der Waals surface area contributed by atoms with Gasteiger partial charge in [0.2, 0.25) is 5.91 Å². The zero-order valence-corrected chi connectivity index (χ0v) is 15.5. The molecule has 0 aliphatic heterocycles. The van der Waals surface area contributed by atoms with Crippen LogP contribution in [0.1, 0.15) is 0 Å². The molecule has 3 rings (SSSR count). The number of methoxy groups -OCH3 is 1. The van der Waals surface area contributed by atoms with Gasteiger partial charge in [-0.3, -0.25) is 14.2 Å². The maximum Gasteiger partial charge on any atom is 0.287 e. The number of aromatic nitrogens is 2. The molecule has 2 aromatic carbocycles. The Kier molecular flexibility index (Phi) is 6.05. The van der Waals surface area contributed by atoms with Crippen molar-refractivity contribution in [1.29, 1.82) is 0 Å². The third kappa shape index (κ3) is 4.37. The fraction of sp³-hybridized carbons (Fsp3) is 0.105. The van der Waals surface area contributed by atoms with Gasteiger partial charge < -0.3 is 10.1 Å². The Hall–Kier alpha value is -3.20. The molecule has 1 N–H and O–H groups in total. The number of halogens is 2. The molecule has 0 unspecified atom stereocenters. The van der Waals surface area contributed by atoms with E-state index in [9.17, 15) is 18.4 Å². The summed E-state index contributed by atoms with van der Waals surface area (Å²) in [5.74, 6) is -1.97. The van der Waals surface area contributed by atoms with Crippen LogP contribution in [0.15, 0.2) is 64.7 Å². The second-order valence-corrected chi connectivity index (χ2v) is 6.51. The molecule has 9 heteroatoms. The van der Waals surface area contributed by atoms with Crippen molar-refractivity contribution in [2.24, 2.45) is 0 Å². The number of para-hydroxylation sites is 2. The minimum atomic E-state index is -1.06. The molecule has 1 amide bonds. The largest absolute Gasteiger partial charge is 0.495 e. The number of carbonyl (C=O) groups excluding carboxylic acids is 1. The van der Waals surface area contributed by atoms with Crippen LogP contribution in [-0.4, -0.2) is 28.3 Å². The molecule has 0 aliphatic carbocycles. The summed E-state index contributed by atoms with van der Waals surface area (Å²) in [5, 5.41) is 2.76. The molecule has 0 atom stereocenters. The quantitative estimate of drug-likeness (QED) is 0.640. The van der Waals surface area contributed by atoms with Gasteiger partial charge in [0.15, 0.2) is 16.7 Å². The molecule has 0 fully saturated rings. The lowest BCUT2D eigenvalue weighted by atomic mass is 10.3. The molecule has 1 aromatic heterocycles. The van der Waals surface area contributed by atoms with Gasteiger partial charge in [-0.2, -0.15) is 0 Å². The second kappa shape index (κ2) is 8.66. The topological polar surface area (TPSA) is 73.2 Å². The van der Waals surface area contributed by atoms with E-state index < -0.39 is 17.2 Å². The third-order valence-electron chi connectivity index (χ3n) is 3.71. The lowest BCUT2D eigenvalue weighted by Crippen LogP contribution is -2.22. The molecule has 0 aliphatic rings. The van der Waals surface area contributed by atoms with Crippen LogP contribution in [0.5, 0.6) is 5.75 Å². The first kappa shape index (κ1) is 19.6. The number of rotatable bonds is 6. The molecule has 0 saturated heterocycles. The van der Waals surface area contributed by atoms with Crippen molar-refractivity contribution in [2.45, 2.75) is 5.03 Å². The number of nitrogens with one attached hydrogen (secondary N) is 1. The summed E-state index contributed by atoms with van der Waals surface area (Å²) < 4.78 is 32.9. The number of anilines is 1. The zero-order valence-electron chi connectivity index (χ0n) is 14.7. The molecule has 0 saturated carbocycles. The van der Waals surface area contributed by atoms with Gasteiger partial charge in [-0.05, 0) is 24.3 Å². The van der Waals surface area contributed by atoms with E-state index in [1.807, 2.05) is 0 Å². The summed E-state index contributed by atoms with van der Waals surface area (Å²) >= 11 is 0.939. The molecule has 1 heterocycles. The highest BCUT2D eigenvalue weighted by Crippen LogP contribution is 2.23. The van der Waals surface area contributed by atoms with Gasteiger partial charge in [0, 0.05) is 18.5 Å². The second-order valence-electron chi connectivity index (χ2n) is 5.54. The van der Waals surface area contributed by atoms with Gasteiger partial charge in [0.05, 0.1) is 24.2 Å². The monoisotopic (exact) mass is 403 g/mol. The molecule has 0 bridgehead atoms. The summed E-state index contributed by atoms with van der Waals surface area (Å²) in [6.07, 6.45) is 2.69. The predicted molar refractivity (Wildman–Crippen MR) is 102 cm³/mol. The standard InChI is InChI=1S/C19H15F2N3O3S/c1-27-16-5-3-2-4-15(16)23-17(25)11-28-18-19(26)24(9-8-22-18)12-6-7-13(20)14(21)10-12/h2-10H,11H2,1H3,(H,23,25). The predicted octanol–water partition coefficient (Wildman–Crippen LogP) is 3.25. The van der Waals surface area contributed by atoms with Crippen molar-refractivity contribution >= 4 is 23.4 Å². The minimum Gasteiger partial charge on any atom is -0.495 e. The molecule has 28 heavy (non-hydrogen) atoms. The van der Waals surface area contributed by atoms with Crippen molar-refractivity contribution in [1.82, 2.24) is 9.55 Å². The number of carbonyl (C=O) groups is 1. The van der Waals surface area contributed by atoms with E-state index in [4.69, 9.17) is 4.74 Å². The molecular formula is C19H15F2N3O3S. The number of nitrogens with zero attached hydrogens (tertiary/aromatic N) is 2. The Labute approximate surface area is 163 Å². The van der Waals surface area contributed by atoms with Crippen LogP contribution in [0.2, 0.25) is 0 Å². The third-order valence-corrected chi connectivity index (χ3v) is 4.67. The fourth-order valence-corrected chi connectivity index (χ4v) is 3.10.